The van der Waals surface area contributed by atoms with Crippen LogP contribution in [-0.2, 0) is 46.7 Å². The third-order valence-electron chi connectivity index (χ3n) is 13.9. The number of amides is 4. The van der Waals surface area contributed by atoms with Gasteiger partial charge in [0.25, 0.3) is 11.8 Å². The average Bonchev–Trinajstić information content (AvgIpc) is 3.79. The van der Waals surface area contributed by atoms with E-state index in [9.17, 15) is 19.2 Å². The number of nitrogens with one attached hydrogen (secondary N) is 1. The first-order chi connectivity index (χ1) is 30.9. The first-order valence-corrected chi connectivity index (χ1v) is 24.3. The van der Waals surface area contributed by atoms with Crippen LogP contribution < -0.4 is 0 Å². The van der Waals surface area contributed by atoms with E-state index in [1.807, 2.05) is 80.5 Å². The molecule has 13 nitrogen and oxygen atoms in total. The molecular formula is C52H72N6O7. The highest BCUT2D eigenvalue weighted by Gasteiger charge is 2.33. The van der Waals surface area contributed by atoms with Crippen LogP contribution in [0.3, 0.4) is 0 Å². The fourth-order valence-electron chi connectivity index (χ4n) is 10.1. The average molecular weight is 893 g/mol. The Morgan fingerprint density at radius 2 is 1.14 bits per heavy atom. The molecule has 0 aliphatic carbocycles. The van der Waals surface area contributed by atoms with Crippen LogP contribution in [0.25, 0.3) is 21.8 Å². The monoisotopic (exact) mass is 893 g/mol. The molecule has 0 spiro atoms. The molecule has 0 atom stereocenters. The topological polar surface area (TPSA) is 130 Å². The zero-order valence-corrected chi connectivity index (χ0v) is 40.2. The number of aromatic amines is 1. The molecule has 0 bridgehead atoms. The second-order valence-electron chi connectivity index (χ2n) is 21.4. The smallest absolute Gasteiger partial charge is 0.410 e. The molecule has 7 heterocycles. The van der Waals surface area contributed by atoms with Gasteiger partial charge in [0.15, 0.2) is 0 Å². The van der Waals surface area contributed by atoms with Gasteiger partial charge in [-0.3, -0.25) is 9.59 Å². The molecule has 4 aromatic rings. The standard InChI is InChI=1S/C29H41N3O4.C23H31N3O3/c1-20-7-12-30(13-8-20)27(33)22-5-6-25-23(17-22)24-19-31(28(34)36-29(2,3)4)14-9-26(24)32(25)18-21-10-15-35-16-11-21;1-15-7-10-25(11-8-15)21(27)16-5-6-19-17(13-16)18-14-26(12-9-20(18)24-19)22(28)29-23(2,3)4/h5-6,17,20-21H,7-16,18-19H2,1-4H3;5-6,13,15,24H,7-12,14H2,1-4H3. The molecule has 9 rings (SSSR count). The third kappa shape index (κ3) is 10.8. The third-order valence-corrected chi connectivity index (χ3v) is 13.9. The summed E-state index contributed by atoms with van der Waals surface area (Å²) in [6, 6.07) is 12.1. The molecule has 0 unspecified atom stereocenters. The molecular weight excluding hydrogens is 821 g/mol. The molecule has 5 aliphatic rings. The Bertz CT molecular complexity index is 2380. The number of nitrogens with zero attached hydrogens (tertiary/aromatic N) is 5. The number of H-pyrrole nitrogens is 1. The summed E-state index contributed by atoms with van der Waals surface area (Å²) in [6.07, 6.45) is 7.41. The minimum absolute atomic E-state index is 0.105. The SMILES string of the molecule is CC1CCN(C(=O)c2ccc3[nH]c4c(c3c2)CN(C(=O)OC(C)(C)C)CC4)CC1.CC1CCN(C(=O)c2ccc3c(c2)c2c(n3CC3CCOCC3)CCN(C(=O)OC(C)(C)C)C2)CC1. The number of carbonyl (C=O) groups excluding carboxylic acids is 4. The van der Waals surface area contributed by atoms with Gasteiger partial charge >= 0.3 is 12.2 Å². The maximum Gasteiger partial charge on any atom is 0.410 e. The van der Waals surface area contributed by atoms with E-state index in [-0.39, 0.29) is 24.0 Å². The van der Waals surface area contributed by atoms with E-state index < -0.39 is 11.2 Å². The fraction of sp³-hybridized carbons (Fsp3) is 0.615. The van der Waals surface area contributed by atoms with Crippen molar-refractivity contribution in [3.63, 3.8) is 0 Å². The number of piperidine rings is 2. The van der Waals surface area contributed by atoms with E-state index in [2.05, 4.69) is 35.5 Å². The van der Waals surface area contributed by atoms with Gasteiger partial charge in [0.1, 0.15) is 11.2 Å². The lowest BCUT2D eigenvalue weighted by Crippen LogP contribution is -2.40. The Hall–Kier alpha value is -5.04. The van der Waals surface area contributed by atoms with Crippen LogP contribution in [0.1, 0.15) is 137 Å². The summed E-state index contributed by atoms with van der Waals surface area (Å²) in [6.45, 7) is 24.1. The van der Waals surface area contributed by atoms with Gasteiger partial charge < -0.3 is 43.4 Å². The van der Waals surface area contributed by atoms with Crippen LogP contribution in [-0.4, -0.2) is 117 Å². The van der Waals surface area contributed by atoms with Crippen molar-refractivity contribution >= 4 is 45.8 Å². The summed E-state index contributed by atoms with van der Waals surface area (Å²) in [5.41, 5.74) is 7.33. The van der Waals surface area contributed by atoms with Crippen LogP contribution in [0.15, 0.2) is 36.4 Å². The Kier molecular flexibility index (Phi) is 13.6. The van der Waals surface area contributed by atoms with Crippen molar-refractivity contribution in [2.24, 2.45) is 17.8 Å². The highest BCUT2D eigenvalue weighted by molar-refractivity contribution is 6.00. The molecule has 5 aliphatic heterocycles. The van der Waals surface area contributed by atoms with Crippen molar-refractivity contribution in [1.82, 2.24) is 29.2 Å². The molecule has 0 radical (unpaired) electrons. The molecule has 3 fully saturated rings. The van der Waals surface area contributed by atoms with Crippen LogP contribution in [0.5, 0.6) is 0 Å². The first-order valence-electron chi connectivity index (χ1n) is 24.3. The van der Waals surface area contributed by atoms with E-state index in [4.69, 9.17) is 14.2 Å². The van der Waals surface area contributed by atoms with Crippen LogP contribution >= 0.6 is 0 Å². The quantitative estimate of drug-likeness (QED) is 0.216. The van der Waals surface area contributed by atoms with E-state index >= 15 is 0 Å². The number of hydrogen-bond donors (Lipinski definition) is 1. The summed E-state index contributed by atoms with van der Waals surface area (Å²) in [7, 11) is 0. The van der Waals surface area contributed by atoms with Crippen molar-refractivity contribution in [2.45, 2.75) is 138 Å². The van der Waals surface area contributed by atoms with E-state index in [1.54, 1.807) is 4.90 Å². The largest absolute Gasteiger partial charge is 0.444 e. The zero-order chi connectivity index (χ0) is 46.2. The molecule has 4 amide bonds. The Morgan fingerprint density at radius 3 is 1.69 bits per heavy atom. The van der Waals surface area contributed by atoms with Gasteiger partial charge in [0, 0.05) is 127 Å². The summed E-state index contributed by atoms with van der Waals surface area (Å²) in [5.74, 6) is 2.18. The van der Waals surface area contributed by atoms with Gasteiger partial charge in [-0.25, -0.2) is 9.59 Å². The maximum atomic E-state index is 13.4. The zero-order valence-electron chi connectivity index (χ0n) is 40.2. The van der Waals surface area contributed by atoms with E-state index in [0.29, 0.717) is 43.9 Å². The minimum atomic E-state index is -0.528. The highest BCUT2D eigenvalue weighted by atomic mass is 16.6. The second-order valence-corrected chi connectivity index (χ2v) is 21.4. The highest BCUT2D eigenvalue weighted by Crippen LogP contribution is 2.35. The van der Waals surface area contributed by atoms with Gasteiger partial charge in [-0.15, -0.1) is 0 Å². The van der Waals surface area contributed by atoms with E-state index in [0.717, 1.165) is 142 Å². The van der Waals surface area contributed by atoms with Gasteiger partial charge in [-0.2, -0.15) is 0 Å². The molecule has 2 aromatic carbocycles. The van der Waals surface area contributed by atoms with E-state index in [1.165, 1.54) is 11.2 Å². The lowest BCUT2D eigenvalue weighted by Gasteiger charge is -2.31. The molecule has 3 saturated heterocycles. The van der Waals surface area contributed by atoms with Crippen LogP contribution in [0.4, 0.5) is 9.59 Å². The number of hydrogen-bond acceptors (Lipinski definition) is 7. The minimum Gasteiger partial charge on any atom is -0.444 e. The Morgan fingerprint density at radius 1 is 0.631 bits per heavy atom. The molecule has 65 heavy (non-hydrogen) atoms. The predicted molar refractivity (Wildman–Crippen MR) is 253 cm³/mol. The first kappa shape index (κ1) is 46.5. The maximum absolute atomic E-state index is 13.4. The summed E-state index contributed by atoms with van der Waals surface area (Å²) < 4.78 is 19.3. The number of benzene rings is 2. The molecule has 0 saturated carbocycles. The summed E-state index contributed by atoms with van der Waals surface area (Å²) >= 11 is 0. The van der Waals surface area contributed by atoms with Crippen molar-refractivity contribution in [1.29, 1.82) is 0 Å². The molecule has 352 valence electrons. The lowest BCUT2D eigenvalue weighted by molar-refractivity contribution is 0.0213. The van der Waals surface area contributed by atoms with Gasteiger partial charge in [0.2, 0.25) is 0 Å². The van der Waals surface area contributed by atoms with Crippen molar-refractivity contribution in [2.75, 3.05) is 52.5 Å². The van der Waals surface area contributed by atoms with Crippen molar-refractivity contribution in [3.8, 4) is 0 Å². The number of ether oxygens (including phenoxy) is 3. The van der Waals surface area contributed by atoms with Crippen LogP contribution in [0, 0.1) is 17.8 Å². The number of likely N-dealkylation sites (tertiary alicyclic amines) is 2. The normalized spacial score (nSPS) is 19.1. The van der Waals surface area contributed by atoms with Gasteiger partial charge in [-0.1, -0.05) is 13.8 Å². The predicted octanol–water partition coefficient (Wildman–Crippen LogP) is 9.57. The number of rotatable bonds is 4. The number of aromatic nitrogens is 2. The lowest BCUT2D eigenvalue weighted by atomic mass is 9.98. The van der Waals surface area contributed by atoms with Crippen LogP contribution in [0.2, 0.25) is 0 Å². The van der Waals surface area contributed by atoms with Crippen molar-refractivity contribution < 1.29 is 33.4 Å². The fourth-order valence-corrected chi connectivity index (χ4v) is 10.1. The molecule has 2 aromatic heterocycles. The summed E-state index contributed by atoms with van der Waals surface area (Å²) in [5, 5.41) is 2.13. The number of fused-ring (bicyclic) bond motifs is 6. The van der Waals surface area contributed by atoms with Gasteiger partial charge in [0.05, 0.1) is 13.1 Å². The molecule has 13 heteroatoms. The second kappa shape index (κ2) is 19.1. The van der Waals surface area contributed by atoms with Gasteiger partial charge in [-0.05, 0) is 134 Å². The summed E-state index contributed by atoms with van der Waals surface area (Å²) in [4.78, 5) is 62.8. The Labute approximate surface area is 385 Å². The molecule has 1 N–H and O–H groups in total. The number of carbonyl (C=O) groups is 4. The Balaban J connectivity index is 0.000000181. The van der Waals surface area contributed by atoms with Crippen molar-refractivity contribution in [3.05, 3.63) is 70.0 Å².